The van der Waals surface area contributed by atoms with Crippen molar-refractivity contribution in [2.75, 3.05) is 11.9 Å². The molecule has 0 bridgehead atoms. The summed E-state index contributed by atoms with van der Waals surface area (Å²) < 4.78 is 27.9. The highest BCUT2D eigenvalue weighted by molar-refractivity contribution is 7.90. The second kappa shape index (κ2) is 6.80. The fourth-order valence-corrected chi connectivity index (χ4v) is 5.59. The van der Waals surface area contributed by atoms with Crippen LogP contribution in [0.15, 0.2) is 19.1 Å². The monoisotopic (exact) mass is 350 g/mol. The third-order valence-corrected chi connectivity index (χ3v) is 7.32. The number of nitrogens with one attached hydrogen (secondary N) is 1. The highest BCUT2D eigenvalue weighted by atomic mass is 32.2. The number of sulfonamides is 1. The number of anilines is 1. The fraction of sp³-hybridized carbons (Fsp3) is 0.647. The van der Waals surface area contributed by atoms with Crippen molar-refractivity contribution in [3.8, 4) is 0 Å². The maximum atomic E-state index is 12.5. The molecule has 7 heteroatoms. The summed E-state index contributed by atoms with van der Waals surface area (Å²) in [6.07, 6.45) is 9.21. The van der Waals surface area contributed by atoms with Crippen LogP contribution in [0.4, 0.5) is 5.82 Å². The van der Waals surface area contributed by atoms with Gasteiger partial charge in [-0.15, -0.1) is 0 Å². The van der Waals surface area contributed by atoms with E-state index < -0.39 is 10.0 Å². The zero-order chi connectivity index (χ0) is 17.3. The molecular formula is C17H26N4O2S. The van der Waals surface area contributed by atoms with Gasteiger partial charge in [-0.25, -0.2) is 23.1 Å². The Morgan fingerprint density at radius 2 is 2.08 bits per heavy atom. The fourth-order valence-electron chi connectivity index (χ4n) is 3.71. The van der Waals surface area contributed by atoms with E-state index in [0.717, 1.165) is 43.5 Å². The first-order chi connectivity index (χ1) is 11.4. The Balaban J connectivity index is 1.56. The largest absolute Gasteiger partial charge is 0.356 e. The zero-order valence-electron chi connectivity index (χ0n) is 14.4. The molecule has 2 aliphatic rings. The van der Waals surface area contributed by atoms with Crippen LogP contribution in [0.2, 0.25) is 0 Å². The second-order valence-electron chi connectivity index (χ2n) is 7.14. The number of hydrogen-bond donors (Lipinski definition) is 1. The molecule has 2 atom stereocenters. The highest BCUT2D eigenvalue weighted by Gasteiger charge is 2.39. The number of hydrogen-bond acceptors (Lipinski definition) is 5. The summed E-state index contributed by atoms with van der Waals surface area (Å²) >= 11 is 0. The van der Waals surface area contributed by atoms with Crippen LogP contribution in [0.3, 0.4) is 0 Å². The minimum atomic E-state index is -3.19. The Bertz CT molecular complexity index is 700. The van der Waals surface area contributed by atoms with Crippen LogP contribution >= 0.6 is 0 Å². The molecule has 6 nitrogen and oxygen atoms in total. The summed E-state index contributed by atoms with van der Waals surface area (Å²) in [7, 11) is -1.20. The Kier molecular flexibility index (Phi) is 4.92. The predicted molar refractivity (Wildman–Crippen MR) is 96.2 cm³/mol. The average molecular weight is 350 g/mol. The minimum Gasteiger partial charge on any atom is -0.356 e. The maximum absolute atomic E-state index is 12.5. The van der Waals surface area contributed by atoms with E-state index in [-0.39, 0.29) is 17.3 Å². The van der Waals surface area contributed by atoms with Gasteiger partial charge in [0.05, 0.1) is 5.25 Å². The molecule has 3 rings (SSSR count). The Morgan fingerprint density at radius 3 is 2.71 bits per heavy atom. The van der Waals surface area contributed by atoms with Crippen molar-refractivity contribution in [1.29, 1.82) is 0 Å². The van der Waals surface area contributed by atoms with Crippen molar-refractivity contribution in [2.24, 2.45) is 5.92 Å². The molecule has 1 N–H and O–H groups in total. The maximum Gasteiger partial charge on any atom is 0.214 e. The summed E-state index contributed by atoms with van der Waals surface area (Å²) in [5.41, 5.74) is 0.893. The molecule has 132 valence electrons. The lowest BCUT2D eigenvalue weighted by molar-refractivity contribution is 0.315. The summed E-state index contributed by atoms with van der Waals surface area (Å²) in [5.74, 6) is 1.36. The van der Waals surface area contributed by atoms with Gasteiger partial charge in [-0.2, -0.15) is 0 Å². The molecule has 0 unspecified atom stereocenters. The molecule has 2 fully saturated rings. The standard InChI is InChI=1S/C17H26N4O2S/c1-4-13-10-18-11-19-17(13)21(3)15-8-14(9-15)20-24(22,23)16-6-5-12(2)7-16/h4,10-12,14-16,20H,1,5-9H2,2-3H3/t12-,14-,15+,16-/m1/s1. The molecule has 0 radical (unpaired) electrons. The van der Waals surface area contributed by atoms with E-state index in [9.17, 15) is 8.42 Å². The molecule has 0 saturated heterocycles. The molecule has 0 aliphatic heterocycles. The van der Waals surface area contributed by atoms with Gasteiger partial charge in [-0.1, -0.05) is 19.6 Å². The topological polar surface area (TPSA) is 75.2 Å². The van der Waals surface area contributed by atoms with Gasteiger partial charge in [-0.05, 0) is 38.0 Å². The Labute approximate surface area is 144 Å². The van der Waals surface area contributed by atoms with Gasteiger partial charge >= 0.3 is 0 Å². The second-order valence-corrected chi connectivity index (χ2v) is 9.13. The molecule has 2 aliphatic carbocycles. The van der Waals surface area contributed by atoms with Crippen LogP contribution in [-0.4, -0.2) is 42.8 Å². The SMILES string of the molecule is C=Cc1cncnc1N(C)[C@H]1C[C@@H](NS(=O)(=O)[C@@H]2CC[C@@H](C)C2)C1. The third-order valence-electron chi connectivity index (χ3n) is 5.35. The van der Waals surface area contributed by atoms with E-state index in [1.165, 1.54) is 6.33 Å². The third kappa shape index (κ3) is 3.47. The van der Waals surface area contributed by atoms with E-state index in [0.29, 0.717) is 5.92 Å². The Hall–Kier alpha value is -1.47. The summed E-state index contributed by atoms with van der Waals surface area (Å²) in [6.45, 7) is 5.92. The molecule has 2 saturated carbocycles. The molecule has 24 heavy (non-hydrogen) atoms. The van der Waals surface area contributed by atoms with Crippen LogP contribution in [-0.2, 0) is 10.0 Å². The van der Waals surface area contributed by atoms with E-state index >= 15 is 0 Å². The van der Waals surface area contributed by atoms with Gasteiger partial charge < -0.3 is 4.90 Å². The highest BCUT2D eigenvalue weighted by Crippen LogP contribution is 2.33. The van der Waals surface area contributed by atoms with Crippen molar-refractivity contribution >= 4 is 21.9 Å². The number of aromatic nitrogens is 2. The van der Waals surface area contributed by atoms with Gasteiger partial charge in [0, 0.05) is 30.9 Å². The van der Waals surface area contributed by atoms with Crippen molar-refractivity contribution in [3.05, 3.63) is 24.7 Å². The van der Waals surface area contributed by atoms with Crippen molar-refractivity contribution in [1.82, 2.24) is 14.7 Å². The zero-order valence-corrected chi connectivity index (χ0v) is 15.2. The molecular weight excluding hydrogens is 324 g/mol. The van der Waals surface area contributed by atoms with E-state index in [2.05, 4.69) is 33.1 Å². The minimum absolute atomic E-state index is 0.0346. The van der Waals surface area contributed by atoms with Gasteiger partial charge in [0.1, 0.15) is 12.1 Å². The van der Waals surface area contributed by atoms with E-state index in [1.807, 2.05) is 7.05 Å². The molecule has 1 aromatic rings. The van der Waals surface area contributed by atoms with Crippen LogP contribution in [0.1, 0.15) is 44.6 Å². The van der Waals surface area contributed by atoms with Crippen LogP contribution < -0.4 is 9.62 Å². The van der Waals surface area contributed by atoms with Gasteiger partial charge in [0.15, 0.2) is 0 Å². The van der Waals surface area contributed by atoms with Crippen LogP contribution in [0.5, 0.6) is 0 Å². The van der Waals surface area contributed by atoms with Gasteiger partial charge in [0.2, 0.25) is 10.0 Å². The first-order valence-corrected chi connectivity index (χ1v) is 10.1. The lowest BCUT2D eigenvalue weighted by atomic mass is 9.86. The van der Waals surface area contributed by atoms with Crippen LogP contribution in [0, 0.1) is 5.92 Å². The smallest absolute Gasteiger partial charge is 0.214 e. The normalized spacial score (nSPS) is 29.9. The summed E-state index contributed by atoms with van der Waals surface area (Å²) in [6, 6.07) is 0.321. The first kappa shape index (κ1) is 17.4. The summed E-state index contributed by atoms with van der Waals surface area (Å²) in [5, 5.41) is -0.210. The molecule has 0 aromatic carbocycles. The molecule has 1 heterocycles. The lowest BCUT2D eigenvalue weighted by Crippen LogP contribution is -2.54. The van der Waals surface area contributed by atoms with Crippen molar-refractivity contribution in [3.63, 3.8) is 0 Å². The van der Waals surface area contributed by atoms with Gasteiger partial charge in [-0.3, -0.25) is 0 Å². The van der Waals surface area contributed by atoms with Crippen LogP contribution in [0.25, 0.3) is 6.08 Å². The van der Waals surface area contributed by atoms with Crippen molar-refractivity contribution in [2.45, 2.75) is 56.4 Å². The molecule has 1 aromatic heterocycles. The van der Waals surface area contributed by atoms with E-state index in [1.54, 1.807) is 12.3 Å². The number of nitrogens with zero attached hydrogens (tertiary/aromatic N) is 3. The predicted octanol–water partition coefficient (Wildman–Crippen LogP) is 2.19. The lowest BCUT2D eigenvalue weighted by Gasteiger charge is -2.42. The summed E-state index contributed by atoms with van der Waals surface area (Å²) in [4.78, 5) is 10.4. The Morgan fingerprint density at radius 1 is 1.33 bits per heavy atom. The average Bonchev–Trinajstić information content (AvgIpc) is 2.97. The molecule has 0 amide bonds. The van der Waals surface area contributed by atoms with Crippen molar-refractivity contribution < 1.29 is 8.42 Å². The van der Waals surface area contributed by atoms with Gasteiger partial charge in [0.25, 0.3) is 0 Å². The quantitative estimate of drug-likeness (QED) is 0.851. The number of rotatable bonds is 6. The molecule has 0 spiro atoms. The first-order valence-electron chi connectivity index (χ1n) is 8.57. The van der Waals surface area contributed by atoms with E-state index in [4.69, 9.17) is 0 Å².